The summed E-state index contributed by atoms with van der Waals surface area (Å²) in [4.78, 5) is 7.04. The molecule has 8 heteroatoms. The highest BCUT2D eigenvalue weighted by molar-refractivity contribution is 7.79. The molecular formula is H4O6PS+. The van der Waals surface area contributed by atoms with Crippen LogP contribution in [0.3, 0.4) is 0 Å². The molecule has 0 amide bonds. The van der Waals surface area contributed by atoms with E-state index in [0.29, 0.717) is 0 Å². The summed E-state index contributed by atoms with van der Waals surface area (Å²) >= 11 is 0. The fraction of sp³-hybridized carbons (Fsp3) is 0. The summed E-state index contributed by atoms with van der Waals surface area (Å²) in [6.07, 6.45) is 0. The van der Waals surface area contributed by atoms with Gasteiger partial charge >= 0.3 is 19.1 Å². The van der Waals surface area contributed by atoms with Crippen LogP contribution in [0.15, 0.2) is 0 Å². The second kappa shape index (κ2) is 5.07. The third kappa shape index (κ3) is 29400. The normalized spacial score (nSPS) is 9.88. The fourth-order valence-corrected chi connectivity index (χ4v) is 0. The Morgan fingerprint density at radius 3 is 1.25 bits per heavy atom. The van der Waals surface area contributed by atoms with Gasteiger partial charge in [0.25, 0.3) is 0 Å². The van der Waals surface area contributed by atoms with Crippen molar-refractivity contribution in [2.75, 3.05) is 0 Å². The average molecular weight is 163 g/mol. The Morgan fingerprint density at radius 1 is 1.25 bits per heavy atom. The van der Waals surface area contributed by atoms with Crippen molar-refractivity contribution in [2.45, 2.75) is 0 Å². The van der Waals surface area contributed by atoms with Crippen LogP contribution in [0.4, 0.5) is 0 Å². The van der Waals surface area contributed by atoms with Crippen LogP contribution < -0.4 is 0 Å². The summed E-state index contributed by atoms with van der Waals surface area (Å²) < 4.78 is 40.1. The zero-order valence-corrected chi connectivity index (χ0v) is 5.29. The van der Waals surface area contributed by atoms with Gasteiger partial charge in [-0.1, -0.05) is 0 Å². The molecule has 0 spiro atoms. The molecule has 0 aliphatic heterocycles. The van der Waals surface area contributed by atoms with Crippen LogP contribution in [0.25, 0.3) is 0 Å². The second-order valence-electron chi connectivity index (χ2n) is 0.539. The van der Waals surface area contributed by atoms with E-state index < -0.39 is 19.1 Å². The van der Waals surface area contributed by atoms with Gasteiger partial charge in [-0.05, 0) is 4.57 Å². The SMILES string of the molecule is O=S(=O)(O)O.O=[PH+]O. The molecule has 0 aliphatic carbocycles. The van der Waals surface area contributed by atoms with Gasteiger partial charge in [-0.3, -0.25) is 9.11 Å². The molecule has 1 unspecified atom stereocenters. The predicted octanol–water partition coefficient (Wildman–Crippen LogP) is -0.735. The molecular weight excluding hydrogens is 159 g/mol. The smallest absolute Gasteiger partial charge is 0.264 e. The molecule has 8 heavy (non-hydrogen) atoms. The summed E-state index contributed by atoms with van der Waals surface area (Å²) in [6.45, 7) is 0. The zero-order chi connectivity index (χ0) is 7.21. The third-order valence-corrected chi connectivity index (χ3v) is 0. The standard InChI is InChI=1S/H2O4S.HO2P/c1-5(2,3)4;1-3-2/h(H2,1,2,3,4);3H/p+1. The van der Waals surface area contributed by atoms with E-state index in [1.165, 1.54) is 0 Å². The quantitative estimate of drug-likeness (QED) is 0.320. The second-order valence-corrected chi connectivity index (χ2v) is 1.62. The minimum atomic E-state index is -4.67. The fourth-order valence-electron chi connectivity index (χ4n) is 0. The molecule has 0 aromatic carbocycles. The first-order valence-electron chi connectivity index (χ1n) is 1.13. The minimum absolute atomic E-state index is 1.17. The highest BCUT2D eigenvalue weighted by Crippen LogP contribution is 1.66. The zero-order valence-electron chi connectivity index (χ0n) is 3.47. The summed E-state index contributed by atoms with van der Waals surface area (Å²) in [7, 11) is -5.83. The van der Waals surface area contributed by atoms with E-state index in [0.717, 1.165) is 0 Å². The van der Waals surface area contributed by atoms with Gasteiger partial charge in [0, 0.05) is 0 Å². The molecule has 0 aromatic rings. The van der Waals surface area contributed by atoms with Gasteiger partial charge in [0.15, 0.2) is 0 Å². The molecule has 0 aromatic heterocycles. The van der Waals surface area contributed by atoms with E-state index in [4.69, 9.17) is 27.0 Å². The lowest BCUT2D eigenvalue weighted by Crippen LogP contribution is -1.89. The monoisotopic (exact) mass is 163 g/mol. The first kappa shape index (κ1) is 10.8. The molecule has 50 valence electrons. The maximum Gasteiger partial charge on any atom is 0.491 e. The van der Waals surface area contributed by atoms with Crippen molar-refractivity contribution in [3.05, 3.63) is 0 Å². The summed E-state index contributed by atoms with van der Waals surface area (Å²) in [6, 6.07) is 0. The molecule has 1 atom stereocenters. The van der Waals surface area contributed by atoms with Gasteiger partial charge in [-0.15, -0.1) is 0 Å². The highest BCUT2D eigenvalue weighted by atomic mass is 32.3. The van der Waals surface area contributed by atoms with Crippen molar-refractivity contribution in [1.29, 1.82) is 0 Å². The summed E-state index contributed by atoms with van der Waals surface area (Å²) in [5.41, 5.74) is 0. The minimum Gasteiger partial charge on any atom is -0.264 e. The van der Waals surface area contributed by atoms with Gasteiger partial charge in [0.2, 0.25) is 0 Å². The first-order valence-corrected chi connectivity index (χ1v) is 3.38. The Balaban J connectivity index is 0. The van der Waals surface area contributed by atoms with E-state index in [9.17, 15) is 0 Å². The van der Waals surface area contributed by atoms with Crippen molar-refractivity contribution < 1.29 is 27.0 Å². The molecule has 0 rings (SSSR count). The van der Waals surface area contributed by atoms with E-state index in [1.807, 2.05) is 0 Å². The lowest BCUT2D eigenvalue weighted by Gasteiger charge is -1.68. The Labute approximate surface area is 47.0 Å². The van der Waals surface area contributed by atoms with Gasteiger partial charge in [0.1, 0.15) is 0 Å². The van der Waals surface area contributed by atoms with E-state index in [-0.39, 0.29) is 0 Å². The summed E-state index contributed by atoms with van der Waals surface area (Å²) in [5.74, 6) is 0. The van der Waals surface area contributed by atoms with Crippen LogP contribution in [0.2, 0.25) is 0 Å². The van der Waals surface area contributed by atoms with E-state index in [2.05, 4.69) is 0 Å². The van der Waals surface area contributed by atoms with Crippen LogP contribution in [-0.4, -0.2) is 22.4 Å². The Morgan fingerprint density at radius 2 is 1.25 bits per heavy atom. The van der Waals surface area contributed by atoms with Crippen LogP contribution >= 0.6 is 8.69 Å². The number of rotatable bonds is 0. The molecule has 6 nitrogen and oxygen atoms in total. The van der Waals surface area contributed by atoms with Crippen molar-refractivity contribution in [3.63, 3.8) is 0 Å². The molecule has 0 saturated heterocycles. The van der Waals surface area contributed by atoms with Crippen LogP contribution in [0.5, 0.6) is 0 Å². The molecule has 3 N–H and O–H groups in total. The summed E-state index contributed by atoms with van der Waals surface area (Å²) in [5, 5.41) is 0. The number of hydrogen-bond acceptors (Lipinski definition) is 3. The van der Waals surface area contributed by atoms with E-state index >= 15 is 0 Å². The maximum absolute atomic E-state index is 8.74. The molecule has 0 heterocycles. The van der Waals surface area contributed by atoms with Crippen LogP contribution in [0.1, 0.15) is 0 Å². The van der Waals surface area contributed by atoms with Gasteiger partial charge < -0.3 is 0 Å². The lowest BCUT2D eigenvalue weighted by atomic mass is 15.8. The maximum atomic E-state index is 8.74. The van der Waals surface area contributed by atoms with Crippen molar-refractivity contribution in [3.8, 4) is 0 Å². The molecule has 0 fully saturated rings. The Hall–Kier alpha value is -0.0700. The van der Waals surface area contributed by atoms with Crippen LogP contribution in [0, 0.1) is 0 Å². The molecule has 0 saturated carbocycles. The van der Waals surface area contributed by atoms with Crippen LogP contribution in [-0.2, 0) is 15.0 Å². The molecule has 0 bridgehead atoms. The third-order valence-electron chi connectivity index (χ3n) is 0. The molecule has 0 radical (unpaired) electrons. The van der Waals surface area contributed by atoms with Crippen molar-refractivity contribution in [1.82, 2.24) is 0 Å². The van der Waals surface area contributed by atoms with E-state index in [1.54, 1.807) is 0 Å². The highest BCUT2D eigenvalue weighted by Gasteiger charge is 1.84. The van der Waals surface area contributed by atoms with Crippen molar-refractivity contribution in [2.24, 2.45) is 0 Å². The largest absolute Gasteiger partial charge is 0.491 e. The predicted molar refractivity (Wildman–Crippen MR) is 25.4 cm³/mol. The first-order chi connectivity index (χ1) is 3.41. The van der Waals surface area contributed by atoms with Gasteiger partial charge in [-0.2, -0.15) is 13.3 Å². The molecule has 0 aliphatic rings. The Bertz CT molecular complexity index is 123. The van der Waals surface area contributed by atoms with Gasteiger partial charge in [-0.25, -0.2) is 0 Å². The Kier molecular flexibility index (Phi) is 6.87. The average Bonchev–Trinajstić information content (AvgIpc) is 1.27. The van der Waals surface area contributed by atoms with Crippen molar-refractivity contribution >= 4 is 19.1 Å². The van der Waals surface area contributed by atoms with Gasteiger partial charge in [0.05, 0.1) is 0 Å². The lowest BCUT2D eigenvalue weighted by molar-refractivity contribution is 0.381. The number of hydrogen-bond donors (Lipinski definition) is 3. The topological polar surface area (TPSA) is 112 Å².